The molecule has 0 bridgehead atoms. The molecule has 0 aliphatic heterocycles. The highest BCUT2D eigenvalue weighted by molar-refractivity contribution is 5.73. The minimum atomic E-state index is 0.957. The van der Waals surface area contributed by atoms with Crippen molar-refractivity contribution in [3.8, 4) is 0 Å². The van der Waals surface area contributed by atoms with Crippen LogP contribution in [0, 0.1) is 13.8 Å². The van der Waals surface area contributed by atoms with Crippen LogP contribution in [0.5, 0.6) is 0 Å². The average molecular weight is 226 g/mol. The number of nitrogens with zero attached hydrogens (tertiary/aromatic N) is 2. The fourth-order valence-corrected chi connectivity index (χ4v) is 1.41. The molecule has 86 valence electrons. The molecule has 2 heterocycles. The molecule has 0 aliphatic rings. The smallest absolute Gasteiger partial charge is 0.100 e. The molecule has 0 N–H and O–H groups in total. The molecule has 0 spiro atoms. The van der Waals surface area contributed by atoms with Gasteiger partial charge in [-0.2, -0.15) is 0 Å². The van der Waals surface area contributed by atoms with Gasteiger partial charge in [-0.1, -0.05) is 12.1 Å². The maximum Gasteiger partial charge on any atom is 0.100 e. The third-order valence-corrected chi connectivity index (χ3v) is 2.23. The number of furan rings is 1. The topological polar surface area (TPSA) is 38.9 Å². The van der Waals surface area contributed by atoms with Gasteiger partial charge in [0.2, 0.25) is 0 Å². The number of hydrogen-bond acceptors (Lipinski definition) is 3. The minimum absolute atomic E-state index is 0.957. The lowest BCUT2D eigenvalue weighted by molar-refractivity contribution is 0.534. The van der Waals surface area contributed by atoms with Crippen molar-refractivity contribution in [1.82, 2.24) is 9.97 Å². The van der Waals surface area contributed by atoms with Gasteiger partial charge in [-0.3, -0.25) is 4.98 Å². The van der Waals surface area contributed by atoms with E-state index < -0.39 is 0 Å². The molecule has 0 atom stereocenters. The summed E-state index contributed by atoms with van der Waals surface area (Å²) in [7, 11) is 0. The molecule has 0 amide bonds. The van der Waals surface area contributed by atoms with Crippen molar-refractivity contribution in [3.05, 3.63) is 60.3 Å². The van der Waals surface area contributed by atoms with Gasteiger partial charge in [0.05, 0.1) is 23.0 Å². The highest BCUT2D eigenvalue weighted by Gasteiger charge is 1.92. The van der Waals surface area contributed by atoms with Crippen LogP contribution in [0.4, 0.5) is 0 Å². The third-order valence-electron chi connectivity index (χ3n) is 2.23. The maximum atomic E-state index is 4.83. The molecule has 0 fully saturated rings. The van der Waals surface area contributed by atoms with E-state index in [-0.39, 0.29) is 0 Å². The molecule has 0 saturated heterocycles. The van der Waals surface area contributed by atoms with E-state index in [2.05, 4.69) is 9.97 Å². The van der Waals surface area contributed by atoms with Gasteiger partial charge in [0, 0.05) is 6.20 Å². The summed E-state index contributed by atoms with van der Waals surface area (Å²) in [6.45, 7) is 3.86. The van der Waals surface area contributed by atoms with Crippen LogP contribution in [0.1, 0.15) is 11.5 Å². The fourth-order valence-electron chi connectivity index (χ4n) is 1.41. The van der Waals surface area contributed by atoms with Crippen LogP contribution in [0.3, 0.4) is 0 Å². The van der Waals surface area contributed by atoms with Gasteiger partial charge in [0.25, 0.3) is 0 Å². The minimum Gasteiger partial charge on any atom is -0.470 e. The molecule has 0 aliphatic carbocycles. The number of fused-ring (bicyclic) bond motifs is 1. The normalized spacial score (nSPS) is 9.76. The van der Waals surface area contributed by atoms with Crippen molar-refractivity contribution in [2.45, 2.75) is 13.8 Å². The number of rotatable bonds is 0. The van der Waals surface area contributed by atoms with E-state index in [9.17, 15) is 0 Å². The Morgan fingerprint density at radius 2 is 1.71 bits per heavy atom. The van der Waals surface area contributed by atoms with Gasteiger partial charge in [-0.15, -0.1) is 0 Å². The highest BCUT2D eigenvalue weighted by Crippen LogP contribution is 2.06. The summed E-state index contributed by atoms with van der Waals surface area (Å²) in [5.74, 6) is 0.968. The van der Waals surface area contributed by atoms with E-state index in [1.165, 1.54) is 0 Å². The van der Waals surface area contributed by atoms with Crippen LogP contribution in [-0.4, -0.2) is 9.97 Å². The second-order valence-corrected chi connectivity index (χ2v) is 3.72. The van der Waals surface area contributed by atoms with E-state index in [1.807, 2.05) is 50.2 Å². The number of aromatic nitrogens is 2. The molecular weight excluding hydrogens is 212 g/mol. The van der Waals surface area contributed by atoms with Crippen LogP contribution >= 0.6 is 0 Å². The molecule has 3 rings (SSSR count). The maximum absolute atomic E-state index is 4.83. The summed E-state index contributed by atoms with van der Waals surface area (Å²) in [6.07, 6.45) is 3.44. The summed E-state index contributed by atoms with van der Waals surface area (Å²) < 4.78 is 4.83. The van der Waals surface area contributed by atoms with Gasteiger partial charge in [0.15, 0.2) is 0 Å². The molecule has 3 aromatic rings. The van der Waals surface area contributed by atoms with E-state index in [4.69, 9.17) is 4.42 Å². The van der Waals surface area contributed by atoms with Crippen molar-refractivity contribution in [3.63, 3.8) is 0 Å². The van der Waals surface area contributed by atoms with Crippen molar-refractivity contribution >= 4 is 11.0 Å². The molecule has 0 saturated carbocycles. The zero-order valence-electron chi connectivity index (χ0n) is 9.92. The van der Waals surface area contributed by atoms with Gasteiger partial charge in [0.1, 0.15) is 5.76 Å². The summed E-state index contributed by atoms with van der Waals surface area (Å²) in [4.78, 5) is 8.53. The first kappa shape index (κ1) is 11.3. The van der Waals surface area contributed by atoms with Crippen molar-refractivity contribution in [2.75, 3.05) is 0 Å². The first-order chi connectivity index (χ1) is 8.25. The van der Waals surface area contributed by atoms with Gasteiger partial charge >= 0.3 is 0 Å². The molecule has 0 radical (unpaired) electrons. The summed E-state index contributed by atoms with van der Waals surface area (Å²) in [5.41, 5.74) is 2.88. The standard InChI is InChI=1S/C9H8N2.C5H6O/c1-7-6-10-8-4-2-3-5-9(8)11-7;1-5-3-2-4-6-5/h2-6H,1H3;2-4H,1H3. The van der Waals surface area contributed by atoms with Crippen LogP contribution in [0.15, 0.2) is 53.3 Å². The molecule has 2 aromatic heterocycles. The average Bonchev–Trinajstić information content (AvgIpc) is 2.81. The first-order valence-electron chi connectivity index (χ1n) is 5.44. The van der Waals surface area contributed by atoms with Crippen LogP contribution in [0.25, 0.3) is 11.0 Å². The largest absolute Gasteiger partial charge is 0.470 e. The number of aryl methyl sites for hydroxylation is 2. The Morgan fingerprint density at radius 3 is 2.29 bits per heavy atom. The lowest BCUT2D eigenvalue weighted by Crippen LogP contribution is -1.85. The Bertz CT molecular complexity index is 588. The Labute approximate surface area is 100 Å². The van der Waals surface area contributed by atoms with E-state index in [1.54, 1.807) is 12.5 Å². The highest BCUT2D eigenvalue weighted by atomic mass is 16.3. The van der Waals surface area contributed by atoms with Crippen molar-refractivity contribution < 1.29 is 4.42 Å². The van der Waals surface area contributed by atoms with Gasteiger partial charge in [-0.05, 0) is 38.1 Å². The van der Waals surface area contributed by atoms with E-state index in [0.29, 0.717) is 0 Å². The Morgan fingerprint density at radius 1 is 0.941 bits per heavy atom. The van der Waals surface area contributed by atoms with Crippen LogP contribution in [-0.2, 0) is 0 Å². The van der Waals surface area contributed by atoms with E-state index in [0.717, 1.165) is 22.5 Å². The number of hydrogen-bond donors (Lipinski definition) is 0. The number of benzene rings is 1. The SMILES string of the molecule is Cc1ccco1.Cc1cnc2ccccc2n1. The van der Waals surface area contributed by atoms with Crippen molar-refractivity contribution in [1.29, 1.82) is 0 Å². The van der Waals surface area contributed by atoms with Crippen LogP contribution < -0.4 is 0 Å². The van der Waals surface area contributed by atoms with Crippen molar-refractivity contribution in [2.24, 2.45) is 0 Å². The predicted octanol–water partition coefficient (Wildman–Crippen LogP) is 3.53. The molecule has 3 heteroatoms. The molecule has 1 aromatic carbocycles. The van der Waals surface area contributed by atoms with Gasteiger partial charge < -0.3 is 4.42 Å². The van der Waals surface area contributed by atoms with Gasteiger partial charge in [-0.25, -0.2) is 4.98 Å². The quantitative estimate of drug-likeness (QED) is 0.588. The summed E-state index contributed by atoms with van der Waals surface area (Å²) in [6, 6.07) is 11.6. The zero-order valence-corrected chi connectivity index (χ0v) is 9.92. The summed E-state index contributed by atoms with van der Waals surface area (Å²) >= 11 is 0. The lowest BCUT2D eigenvalue weighted by atomic mass is 10.3. The molecular formula is C14H14N2O. The Hall–Kier alpha value is -2.16. The Kier molecular flexibility index (Phi) is 3.50. The Balaban J connectivity index is 0.000000153. The second kappa shape index (κ2) is 5.25. The fraction of sp³-hybridized carbons (Fsp3) is 0.143. The predicted molar refractivity (Wildman–Crippen MR) is 67.7 cm³/mol. The van der Waals surface area contributed by atoms with Crippen LogP contribution in [0.2, 0.25) is 0 Å². The molecule has 3 nitrogen and oxygen atoms in total. The monoisotopic (exact) mass is 226 g/mol. The second-order valence-electron chi connectivity index (χ2n) is 3.72. The van der Waals surface area contributed by atoms with E-state index >= 15 is 0 Å². The summed E-state index contributed by atoms with van der Waals surface area (Å²) in [5, 5.41) is 0. The lowest BCUT2D eigenvalue weighted by Gasteiger charge is -1.95. The first-order valence-corrected chi connectivity index (χ1v) is 5.44. The molecule has 17 heavy (non-hydrogen) atoms. The molecule has 0 unspecified atom stereocenters. The third kappa shape index (κ3) is 3.14. The zero-order chi connectivity index (χ0) is 12.1. The number of para-hydroxylation sites is 2.